The highest BCUT2D eigenvalue weighted by Crippen LogP contribution is 2.26. The highest BCUT2D eigenvalue weighted by molar-refractivity contribution is 5.86. The molecule has 0 aliphatic carbocycles. The van der Waals surface area contributed by atoms with Crippen molar-refractivity contribution in [3.63, 3.8) is 0 Å². The number of hydrogen-bond donors (Lipinski definition) is 0. The van der Waals surface area contributed by atoms with E-state index in [1.807, 2.05) is 54.6 Å². The molecule has 0 saturated carbocycles. The first-order chi connectivity index (χ1) is 12.2. The van der Waals surface area contributed by atoms with E-state index in [1.165, 1.54) is 0 Å². The normalized spacial score (nSPS) is 10.7. The van der Waals surface area contributed by atoms with Crippen LogP contribution in [-0.4, -0.2) is 6.29 Å². The molecule has 3 aromatic carbocycles. The number of fused-ring (bicyclic) bond motifs is 1. The summed E-state index contributed by atoms with van der Waals surface area (Å²) in [6.45, 7) is 0. The van der Waals surface area contributed by atoms with Gasteiger partial charge in [0.1, 0.15) is 11.9 Å². The lowest BCUT2D eigenvalue weighted by atomic mass is 10.0. The zero-order valence-corrected chi connectivity index (χ0v) is 13.3. The lowest BCUT2D eigenvalue weighted by Crippen LogP contribution is -2.02. The van der Waals surface area contributed by atoms with Crippen LogP contribution in [0.3, 0.4) is 0 Å². The van der Waals surface area contributed by atoms with Gasteiger partial charge in [-0.1, -0.05) is 60.7 Å². The van der Waals surface area contributed by atoms with Crippen molar-refractivity contribution in [3.8, 4) is 22.3 Å². The quantitative estimate of drug-likeness (QED) is 0.396. The topological polar surface area (TPSA) is 47.3 Å². The van der Waals surface area contributed by atoms with Gasteiger partial charge in [-0.2, -0.15) is 0 Å². The van der Waals surface area contributed by atoms with E-state index in [9.17, 15) is 9.59 Å². The Labute approximate surface area is 144 Å². The molecule has 0 aliphatic rings. The van der Waals surface area contributed by atoms with Crippen LogP contribution < -0.4 is 5.63 Å². The lowest BCUT2D eigenvalue weighted by molar-refractivity contribution is 0.112. The van der Waals surface area contributed by atoms with Crippen LogP contribution in [-0.2, 0) is 0 Å². The maximum atomic E-state index is 12.3. The van der Waals surface area contributed by atoms with Gasteiger partial charge in [-0.3, -0.25) is 4.79 Å². The van der Waals surface area contributed by atoms with Gasteiger partial charge in [0.25, 0.3) is 0 Å². The molecule has 0 radical (unpaired) electrons. The minimum absolute atomic E-state index is 0.390. The summed E-state index contributed by atoms with van der Waals surface area (Å²) in [6.07, 6.45) is 0.777. The molecule has 4 aromatic rings. The summed E-state index contributed by atoms with van der Waals surface area (Å²) in [7, 11) is 0. The third-order valence-electron chi connectivity index (χ3n) is 4.20. The second-order valence-corrected chi connectivity index (χ2v) is 5.81. The highest BCUT2D eigenvalue weighted by Gasteiger charge is 2.09. The molecule has 3 nitrogen and oxygen atoms in total. The van der Waals surface area contributed by atoms with E-state index >= 15 is 0 Å². The Morgan fingerprint density at radius 2 is 1.44 bits per heavy atom. The van der Waals surface area contributed by atoms with Crippen LogP contribution in [0.15, 0.2) is 88.1 Å². The first-order valence-corrected chi connectivity index (χ1v) is 7.93. The van der Waals surface area contributed by atoms with Crippen LogP contribution in [0.25, 0.3) is 33.2 Å². The van der Waals surface area contributed by atoms with Crippen molar-refractivity contribution in [2.75, 3.05) is 0 Å². The molecular formula is C22H14O3. The van der Waals surface area contributed by atoms with Gasteiger partial charge in [-0.05, 0) is 34.9 Å². The number of carbonyl (C=O) groups is 1. The van der Waals surface area contributed by atoms with E-state index in [1.54, 1.807) is 24.3 Å². The lowest BCUT2D eigenvalue weighted by Gasteiger charge is -2.06. The minimum Gasteiger partial charge on any atom is -0.422 e. The molecule has 0 spiro atoms. The van der Waals surface area contributed by atoms with Crippen LogP contribution in [0.4, 0.5) is 0 Å². The average molecular weight is 326 g/mol. The molecule has 0 amide bonds. The molecule has 120 valence electrons. The molecule has 0 fully saturated rings. The molecule has 25 heavy (non-hydrogen) atoms. The second-order valence-electron chi connectivity index (χ2n) is 5.81. The summed E-state index contributed by atoms with van der Waals surface area (Å²) in [4.78, 5) is 23.1. The Balaban J connectivity index is 1.86. The molecule has 0 N–H and O–H groups in total. The number of carbonyl (C=O) groups excluding carboxylic acids is 1. The summed E-state index contributed by atoms with van der Waals surface area (Å²) in [5.74, 6) is 0. The Kier molecular flexibility index (Phi) is 3.75. The predicted octanol–water partition coefficient (Wildman–Crippen LogP) is 4.94. The fourth-order valence-corrected chi connectivity index (χ4v) is 2.88. The summed E-state index contributed by atoms with van der Waals surface area (Å²) in [5.41, 5.74) is 4.11. The summed E-state index contributed by atoms with van der Waals surface area (Å²) in [6, 6.07) is 24.5. The fraction of sp³-hybridized carbons (Fsp3) is 0. The van der Waals surface area contributed by atoms with Crippen molar-refractivity contribution >= 4 is 17.3 Å². The maximum Gasteiger partial charge on any atom is 0.344 e. The summed E-state index contributed by atoms with van der Waals surface area (Å²) < 4.78 is 5.47. The Morgan fingerprint density at radius 3 is 2.16 bits per heavy atom. The van der Waals surface area contributed by atoms with Gasteiger partial charge in [0.05, 0.1) is 5.56 Å². The monoisotopic (exact) mass is 326 g/mol. The number of hydrogen-bond acceptors (Lipinski definition) is 3. The largest absolute Gasteiger partial charge is 0.422 e. The van der Waals surface area contributed by atoms with Gasteiger partial charge in [0.15, 0.2) is 0 Å². The molecular weight excluding hydrogens is 312 g/mol. The maximum absolute atomic E-state index is 12.3. The SMILES string of the molecule is O=Cc1ccc(-c2cc3cc(-c4ccccc4)ccc3oc2=O)cc1. The third-order valence-corrected chi connectivity index (χ3v) is 4.20. The van der Waals surface area contributed by atoms with E-state index in [4.69, 9.17) is 4.42 Å². The minimum atomic E-state index is -0.390. The van der Waals surface area contributed by atoms with Crippen LogP contribution in [0.2, 0.25) is 0 Å². The van der Waals surface area contributed by atoms with E-state index in [-0.39, 0.29) is 5.63 Å². The van der Waals surface area contributed by atoms with Crippen molar-refractivity contribution in [3.05, 3.63) is 94.8 Å². The molecule has 0 bridgehead atoms. The number of aldehydes is 1. The standard InChI is InChI=1S/C22H14O3/c23-14-15-6-8-17(9-7-15)20-13-19-12-18(16-4-2-1-3-5-16)10-11-21(19)25-22(20)24/h1-14H. The molecule has 1 aromatic heterocycles. The molecule has 0 unspecified atom stereocenters. The van der Waals surface area contributed by atoms with Crippen LogP contribution in [0.5, 0.6) is 0 Å². The Hall–Kier alpha value is -3.46. The van der Waals surface area contributed by atoms with Gasteiger partial charge in [0, 0.05) is 10.9 Å². The van der Waals surface area contributed by atoms with Gasteiger partial charge in [-0.15, -0.1) is 0 Å². The third kappa shape index (κ3) is 2.88. The van der Waals surface area contributed by atoms with Gasteiger partial charge >= 0.3 is 5.63 Å². The van der Waals surface area contributed by atoms with Crippen molar-refractivity contribution in [2.45, 2.75) is 0 Å². The van der Waals surface area contributed by atoms with E-state index < -0.39 is 0 Å². The Bertz CT molecular complexity index is 1110. The van der Waals surface area contributed by atoms with Crippen LogP contribution in [0.1, 0.15) is 10.4 Å². The fourth-order valence-electron chi connectivity index (χ4n) is 2.88. The van der Waals surface area contributed by atoms with Gasteiger partial charge < -0.3 is 4.42 Å². The zero-order valence-electron chi connectivity index (χ0n) is 13.3. The second kappa shape index (κ2) is 6.21. The molecule has 3 heteroatoms. The number of rotatable bonds is 3. The number of benzene rings is 3. The molecule has 0 saturated heterocycles. The van der Waals surface area contributed by atoms with Crippen LogP contribution >= 0.6 is 0 Å². The highest BCUT2D eigenvalue weighted by atomic mass is 16.4. The molecule has 1 heterocycles. The van der Waals surface area contributed by atoms with E-state index in [0.717, 1.165) is 28.4 Å². The first-order valence-electron chi connectivity index (χ1n) is 7.93. The first kappa shape index (κ1) is 15.1. The van der Waals surface area contributed by atoms with Gasteiger partial charge in [0.2, 0.25) is 0 Å². The van der Waals surface area contributed by atoms with Crippen LogP contribution in [0, 0.1) is 0 Å². The summed E-state index contributed by atoms with van der Waals surface area (Å²) in [5, 5.41) is 0.857. The van der Waals surface area contributed by atoms with Crippen molar-refractivity contribution in [1.82, 2.24) is 0 Å². The van der Waals surface area contributed by atoms with Crippen molar-refractivity contribution in [1.29, 1.82) is 0 Å². The predicted molar refractivity (Wildman–Crippen MR) is 98.7 cm³/mol. The molecule has 0 aliphatic heterocycles. The van der Waals surface area contributed by atoms with Gasteiger partial charge in [-0.25, -0.2) is 4.79 Å². The Morgan fingerprint density at radius 1 is 0.720 bits per heavy atom. The van der Waals surface area contributed by atoms with Crippen molar-refractivity contribution in [2.24, 2.45) is 0 Å². The zero-order chi connectivity index (χ0) is 17.2. The molecule has 0 atom stereocenters. The van der Waals surface area contributed by atoms with E-state index in [2.05, 4.69) is 0 Å². The van der Waals surface area contributed by atoms with E-state index in [0.29, 0.717) is 16.7 Å². The average Bonchev–Trinajstić information content (AvgIpc) is 2.68. The summed E-state index contributed by atoms with van der Waals surface area (Å²) >= 11 is 0. The van der Waals surface area contributed by atoms with Crippen molar-refractivity contribution < 1.29 is 9.21 Å². The smallest absolute Gasteiger partial charge is 0.344 e. The molecule has 4 rings (SSSR count).